The molecule has 60 valence electrons. The normalized spacial score (nSPS) is 13.6. The van der Waals surface area contributed by atoms with Crippen molar-refractivity contribution in [2.24, 2.45) is 5.92 Å². The fourth-order valence-corrected chi connectivity index (χ4v) is 0.865. The van der Waals surface area contributed by atoms with Crippen molar-refractivity contribution < 1.29 is 18.7 Å². The Morgan fingerprint density at radius 3 is 2.50 bits per heavy atom. The van der Waals surface area contributed by atoms with Crippen LogP contribution in [0, 0.1) is 5.92 Å². The summed E-state index contributed by atoms with van der Waals surface area (Å²) in [5, 5.41) is 8.24. The summed E-state index contributed by atoms with van der Waals surface area (Å²) < 4.78 is 22.9. The molecule has 0 radical (unpaired) electrons. The van der Waals surface area contributed by atoms with Crippen LogP contribution in [0.2, 0.25) is 0 Å². The molecule has 0 aromatic carbocycles. The predicted molar refractivity (Wildman–Crippen MR) is 35.3 cm³/mol. The van der Waals surface area contributed by atoms with E-state index in [1.165, 1.54) is 6.92 Å². The zero-order valence-corrected chi connectivity index (χ0v) is 6.20. The van der Waals surface area contributed by atoms with Crippen LogP contribution in [0.15, 0.2) is 0 Å². The molecule has 0 aromatic heterocycles. The number of thioether (sulfide) groups is 1. The molecule has 0 amide bonds. The first-order valence-corrected chi connectivity index (χ1v) is 3.71. The van der Waals surface area contributed by atoms with E-state index < -0.39 is 17.6 Å². The van der Waals surface area contributed by atoms with E-state index in [0.29, 0.717) is 11.8 Å². The average molecular weight is 170 g/mol. The third kappa shape index (κ3) is 4.55. The molecule has 0 aromatic rings. The Kier molecular flexibility index (Phi) is 4.34. The van der Waals surface area contributed by atoms with E-state index >= 15 is 0 Å². The molecule has 0 fully saturated rings. The maximum absolute atomic E-state index is 11.4. The number of carboxylic acid groups (broad SMARTS) is 1. The van der Waals surface area contributed by atoms with E-state index in [1.54, 1.807) is 0 Å². The molecule has 1 atom stereocenters. The number of hydrogen-bond acceptors (Lipinski definition) is 2. The summed E-state index contributed by atoms with van der Waals surface area (Å²) in [5.41, 5.74) is 0. The maximum atomic E-state index is 11.4. The van der Waals surface area contributed by atoms with Crippen molar-refractivity contribution in [1.29, 1.82) is 0 Å². The van der Waals surface area contributed by atoms with Crippen LogP contribution < -0.4 is 0 Å². The lowest BCUT2D eigenvalue weighted by Crippen LogP contribution is -2.12. The number of hydrogen-bond donors (Lipinski definition) is 1. The predicted octanol–water partition coefficient (Wildman–Crippen LogP) is 1.66. The highest BCUT2D eigenvalue weighted by molar-refractivity contribution is 7.99. The van der Waals surface area contributed by atoms with E-state index in [-0.39, 0.29) is 5.75 Å². The van der Waals surface area contributed by atoms with Crippen LogP contribution in [0.4, 0.5) is 8.78 Å². The zero-order chi connectivity index (χ0) is 8.15. The number of aliphatic carboxylic acids is 1. The van der Waals surface area contributed by atoms with Crippen molar-refractivity contribution in [1.82, 2.24) is 0 Å². The first-order valence-electron chi connectivity index (χ1n) is 2.66. The van der Waals surface area contributed by atoms with Crippen LogP contribution in [0.5, 0.6) is 0 Å². The van der Waals surface area contributed by atoms with Crippen LogP contribution >= 0.6 is 11.8 Å². The number of carboxylic acids is 1. The van der Waals surface area contributed by atoms with Gasteiger partial charge in [0.2, 0.25) is 0 Å². The molecule has 1 unspecified atom stereocenters. The molecule has 0 aliphatic heterocycles. The topological polar surface area (TPSA) is 37.3 Å². The standard InChI is InChI=1S/C5H8F2O2S/c1-3(4(8)9)2-10-5(6)7/h3,5H,2H2,1H3,(H,8,9). The van der Waals surface area contributed by atoms with E-state index in [2.05, 4.69) is 0 Å². The molecule has 0 saturated heterocycles. The van der Waals surface area contributed by atoms with Gasteiger partial charge in [0.05, 0.1) is 5.92 Å². The minimum Gasteiger partial charge on any atom is -0.481 e. The minimum atomic E-state index is -2.47. The molecule has 10 heavy (non-hydrogen) atoms. The van der Waals surface area contributed by atoms with E-state index in [9.17, 15) is 13.6 Å². The summed E-state index contributed by atoms with van der Waals surface area (Å²) in [5.74, 6) is -4.23. The number of carbonyl (C=O) groups is 1. The van der Waals surface area contributed by atoms with Gasteiger partial charge in [-0.25, -0.2) is 0 Å². The summed E-state index contributed by atoms with van der Waals surface area (Å²) in [6.45, 7) is 1.40. The molecule has 0 spiro atoms. The third-order valence-electron chi connectivity index (χ3n) is 0.894. The van der Waals surface area contributed by atoms with Gasteiger partial charge in [0.15, 0.2) is 0 Å². The first kappa shape index (κ1) is 9.68. The Bertz CT molecular complexity index is 118. The van der Waals surface area contributed by atoms with E-state index in [0.717, 1.165) is 0 Å². The number of rotatable bonds is 4. The Morgan fingerprint density at radius 1 is 1.70 bits per heavy atom. The van der Waals surface area contributed by atoms with Gasteiger partial charge < -0.3 is 5.11 Å². The molecular weight excluding hydrogens is 162 g/mol. The molecule has 5 heteroatoms. The van der Waals surface area contributed by atoms with E-state index in [4.69, 9.17) is 5.11 Å². The van der Waals surface area contributed by atoms with Crippen LogP contribution in [-0.2, 0) is 4.79 Å². The zero-order valence-electron chi connectivity index (χ0n) is 5.38. The first-order chi connectivity index (χ1) is 4.54. The third-order valence-corrected chi connectivity index (χ3v) is 1.84. The lowest BCUT2D eigenvalue weighted by Gasteiger charge is -2.03. The SMILES string of the molecule is CC(CSC(F)F)C(=O)O. The molecule has 0 rings (SSSR count). The smallest absolute Gasteiger partial charge is 0.307 e. The van der Waals surface area contributed by atoms with Gasteiger partial charge in [-0.1, -0.05) is 18.7 Å². The number of halogens is 2. The minimum absolute atomic E-state index is 0.0347. The molecule has 0 heterocycles. The lowest BCUT2D eigenvalue weighted by molar-refractivity contribution is -0.140. The molecule has 2 nitrogen and oxygen atoms in total. The maximum Gasteiger partial charge on any atom is 0.307 e. The fourth-order valence-electron chi connectivity index (χ4n) is 0.288. The van der Waals surface area contributed by atoms with Crippen LogP contribution in [-0.4, -0.2) is 22.6 Å². The van der Waals surface area contributed by atoms with Gasteiger partial charge in [0.25, 0.3) is 5.76 Å². The van der Waals surface area contributed by atoms with Crippen LogP contribution in [0.25, 0.3) is 0 Å². The van der Waals surface area contributed by atoms with Gasteiger partial charge in [-0.05, 0) is 0 Å². The molecule has 0 aliphatic rings. The van der Waals surface area contributed by atoms with Crippen LogP contribution in [0.3, 0.4) is 0 Å². The molecule has 1 N–H and O–H groups in total. The van der Waals surface area contributed by atoms with E-state index in [1.807, 2.05) is 0 Å². The van der Waals surface area contributed by atoms with Crippen molar-refractivity contribution in [3.05, 3.63) is 0 Å². The number of alkyl halides is 2. The highest BCUT2D eigenvalue weighted by Gasteiger charge is 2.13. The lowest BCUT2D eigenvalue weighted by atomic mass is 10.2. The van der Waals surface area contributed by atoms with Gasteiger partial charge in [-0.3, -0.25) is 4.79 Å². The van der Waals surface area contributed by atoms with Gasteiger partial charge in [-0.15, -0.1) is 0 Å². The van der Waals surface area contributed by atoms with Crippen molar-refractivity contribution >= 4 is 17.7 Å². The van der Waals surface area contributed by atoms with Crippen molar-refractivity contribution in [3.8, 4) is 0 Å². The average Bonchev–Trinajstić information content (AvgIpc) is 1.82. The monoisotopic (exact) mass is 170 g/mol. The molecule has 0 bridgehead atoms. The molecular formula is C5H8F2O2S. The fraction of sp³-hybridized carbons (Fsp3) is 0.800. The van der Waals surface area contributed by atoms with Gasteiger partial charge in [0.1, 0.15) is 0 Å². The van der Waals surface area contributed by atoms with Gasteiger partial charge >= 0.3 is 5.97 Å². The summed E-state index contributed by atoms with van der Waals surface area (Å²) in [6, 6.07) is 0. The highest BCUT2D eigenvalue weighted by atomic mass is 32.2. The molecule has 0 aliphatic carbocycles. The summed E-state index contributed by atoms with van der Waals surface area (Å²) in [4.78, 5) is 10.1. The van der Waals surface area contributed by atoms with Crippen molar-refractivity contribution in [2.45, 2.75) is 12.7 Å². The van der Waals surface area contributed by atoms with Crippen LogP contribution in [0.1, 0.15) is 6.92 Å². The van der Waals surface area contributed by atoms with Gasteiger partial charge in [-0.2, -0.15) is 8.78 Å². The highest BCUT2D eigenvalue weighted by Crippen LogP contribution is 2.16. The largest absolute Gasteiger partial charge is 0.481 e. The van der Waals surface area contributed by atoms with Crippen molar-refractivity contribution in [3.63, 3.8) is 0 Å². The second-order valence-corrected chi connectivity index (χ2v) is 2.86. The Balaban J connectivity index is 3.40. The quantitative estimate of drug-likeness (QED) is 0.697. The summed E-state index contributed by atoms with van der Waals surface area (Å²) in [6.07, 6.45) is 0. The second kappa shape index (κ2) is 4.49. The summed E-state index contributed by atoms with van der Waals surface area (Å²) >= 11 is 0.354. The van der Waals surface area contributed by atoms with Crippen molar-refractivity contribution in [2.75, 3.05) is 5.75 Å². The Labute approximate surface area is 61.6 Å². The van der Waals surface area contributed by atoms with Gasteiger partial charge in [0, 0.05) is 5.75 Å². The summed E-state index contributed by atoms with van der Waals surface area (Å²) in [7, 11) is 0. The second-order valence-electron chi connectivity index (χ2n) is 1.83. The molecule has 0 saturated carbocycles. The Hall–Kier alpha value is -0.320. The Morgan fingerprint density at radius 2 is 2.20 bits per heavy atom.